The summed E-state index contributed by atoms with van der Waals surface area (Å²) in [6, 6.07) is 22.8. The number of halogens is 6. The molecule has 6 aromatic rings. The van der Waals surface area contributed by atoms with Gasteiger partial charge in [-0.15, -0.1) is 0 Å². The molecule has 0 saturated carbocycles. The van der Waals surface area contributed by atoms with Crippen LogP contribution in [-0.4, -0.2) is 63.9 Å². The summed E-state index contributed by atoms with van der Waals surface area (Å²) < 4.78 is 65.0. The number of carbonyl (C=O) groups is 6. The number of carbonyl (C=O) groups excluding carboxylic acids is 3. The van der Waals surface area contributed by atoms with Crippen LogP contribution in [0.5, 0.6) is 11.5 Å². The molecule has 0 saturated heterocycles. The minimum Gasteiger partial charge on any atom is -0.483 e. The molecule has 0 radical (unpaired) electrons. The molecular weight excluding hydrogens is 955 g/mol. The number of ketones is 2. The van der Waals surface area contributed by atoms with E-state index < -0.39 is 77.4 Å². The van der Waals surface area contributed by atoms with Gasteiger partial charge in [0.2, 0.25) is 0 Å². The first-order valence-electron chi connectivity index (χ1n) is 19.2. The molecule has 69 heavy (non-hydrogen) atoms. The zero-order chi connectivity index (χ0) is 51.3. The number of nitriles is 2. The maximum absolute atomic E-state index is 14.2. The Labute approximate surface area is 398 Å². The lowest BCUT2D eigenvalue weighted by Gasteiger charge is -2.13. The fraction of sp³-hybridized carbons (Fsp3) is 0.0833. The Kier molecular flexibility index (Phi) is 18.1. The predicted molar refractivity (Wildman–Crippen MR) is 240 cm³/mol. The summed E-state index contributed by atoms with van der Waals surface area (Å²) in [5.74, 6) is -9.25. The first-order chi connectivity index (χ1) is 32.5. The van der Waals surface area contributed by atoms with Crippen molar-refractivity contribution in [3.63, 3.8) is 0 Å². The van der Waals surface area contributed by atoms with Gasteiger partial charge in [-0.3, -0.25) is 14.4 Å². The second-order valence-electron chi connectivity index (χ2n) is 14.0. The summed E-state index contributed by atoms with van der Waals surface area (Å²) in [7, 11) is 0. The highest BCUT2D eigenvalue weighted by atomic mass is 35.5. The average molecular weight is 988 g/mol. The van der Waals surface area contributed by atoms with E-state index in [1.807, 2.05) is 0 Å². The van der Waals surface area contributed by atoms with Crippen LogP contribution in [-0.2, 0) is 9.59 Å². The Morgan fingerprint density at radius 3 is 1.46 bits per heavy atom. The maximum atomic E-state index is 14.2. The highest BCUT2D eigenvalue weighted by Crippen LogP contribution is 2.29. The summed E-state index contributed by atoms with van der Waals surface area (Å²) in [6.07, 6.45) is 0. The number of rotatable bonds is 13. The number of hydrogen-bond acceptors (Lipinski definition) is 11. The van der Waals surface area contributed by atoms with Crippen molar-refractivity contribution in [2.24, 2.45) is 0 Å². The lowest BCUT2D eigenvalue weighted by molar-refractivity contribution is -0.139. The van der Waals surface area contributed by atoms with Gasteiger partial charge in [-0.2, -0.15) is 10.5 Å². The summed E-state index contributed by atoms with van der Waals surface area (Å²) in [5.41, 5.74) is 4.56. The largest absolute Gasteiger partial charge is 0.483 e. The van der Waals surface area contributed by atoms with E-state index in [2.05, 4.69) is 5.32 Å². The van der Waals surface area contributed by atoms with Crippen molar-refractivity contribution >= 4 is 70.0 Å². The minimum absolute atomic E-state index is 0.00423. The third-order valence-corrected chi connectivity index (χ3v) is 9.68. The van der Waals surface area contributed by atoms with Crippen molar-refractivity contribution in [3.05, 3.63) is 186 Å². The molecule has 0 bridgehead atoms. The van der Waals surface area contributed by atoms with Gasteiger partial charge < -0.3 is 35.8 Å². The van der Waals surface area contributed by atoms with Crippen molar-refractivity contribution in [2.75, 3.05) is 24.3 Å². The molecule has 6 rings (SSSR count). The average Bonchev–Trinajstić information content (AvgIpc) is 3.30. The van der Waals surface area contributed by atoms with Crippen molar-refractivity contribution in [3.8, 4) is 23.6 Å². The molecule has 6 N–H and O–H groups in total. The number of ether oxygens (including phenoxy) is 2. The third kappa shape index (κ3) is 14.1. The van der Waals surface area contributed by atoms with Gasteiger partial charge in [-0.05, 0) is 111 Å². The minimum atomic E-state index is -1.44. The van der Waals surface area contributed by atoms with Gasteiger partial charge in [-0.1, -0.05) is 23.2 Å². The number of hydrogen-bond donors (Lipinski definition) is 5. The summed E-state index contributed by atoms with van der Waals surface area (Å²) in [5, 5.41) is 46.8. The van der Waals surface area contributed by atoms with E-state index in [-0.39, 0.29) is 83.0 Å². The molecule has 0 aliphatic carbocycles. The molecule has 1 amide bonds. The number of carboxylic acids is 3. The van der Waals surface area contributed by atoms with Gasteiger partial charge in [0.05, 0.1) is 45.5 Å². The molecule has 352 valence electrons. The highest BCUT2D eigenvalue weighted by Gasteiger charge is 2.21. The molecule has 15 nitrogen and oxygen atoms in total. The van der Waals surface area contributed by atoms with E-state index in [0.717, 1.165) is 36.4 Å². The second kappa shape index (κ2) is 23.6. The molecule has 0 atom stereocenters. The van der Waals surface area contributed by atoms with Crippen LogP contribution in [0.4, 0.5) is 28.9 Å². The van der Waals surface area contributed by atoms with Crippen LogP contribution >= 0.6 is 23.2 Å². The van der Waals surface area contributed by atoms with Crippen LogP contribution < -0.4 is 20.5 Å². The molecular formula is C48H32Cl2F4N4O11. The number of aliphatic carboxylic acids is 1. The topological polar surface area (TPSA) is 267 Å². The predicted octanol–water partition coefficient (Wildman–Crippen LogP) is 9.20. The molecule has 21 heteroatoms. The Hall–Kier alpha value is -8.78. The maximum Gasteiger partial charge on any atom is 0.341 e. The zero-order valence-corrected chi connectivity index (χ0v) is 37.0. The van der Waals surface area contributed by atoms with E-state index >= 15 is 0 Å². The molecule has 6 aromatic carbocycles. The number of amides is 1. The number of nitrogens with two attached hydrogens (primary N) is 1. The van der Waals surface area contributed by atoms with E-state index in [4.69, 9.17) is 64.3 Å². The van der Waals surface area contributed by atoms with Gasteiger partial charge in [-0.25, -0.2) is 31.9 Å². The Balaban J connectivity index is 0.000000254. The first-order valence-corrected chi connectivity index (χ1v) is 20.0. The van der Waals surface area contributed by atoms with Gasteiger partial charge in [0.25, 0.3) is 5.91 Å². The molecule has 0 aliphatic rings. The molecule has 0 fully saturated rings. The number of carboxylic acid groups (broad SMARTS) is 3. The molecule has 0 aliphatic heterocycles. The monoisotopic (exact) mass is 986 g/mol. The van der Waals surface area contributed by atoms with Crippen LogP contribution in [0.15, 0.2) is 97.1 Å². The highest BCUT2D eigenvalue weighted by molar-refractivity contribution is 6.31. The van der Waals surface area contributed by atoms with Crippen molar-refractivity contribution in [2.45, 2.75) is 13.8 Å². The standard InChI is InChI=1S/C24H15ClF2N2O5.C16H9ClFNO4.C8H8FNO2/c1-12-19(4-3-17(22(12)27)24(32)33)29-21(30)11-34-20-5-2-15(25)9-18(20)23(31)14-6-13(10-28)7-16(26)8-14;17-11-1-2-14(23-8-15(20)21)13(6-11)16(22)10-3-9(7-19)4-12(18)5-10;1-4-6(10)3-2-5(7(4)9)8(11)12/h2-9H,11H2,1H3,(H,29,30)(H,32,33);1-6H,8H2,(H,20,21);2-3H,10H2,1H3,(H,11,12). The zero-order valence-electron chi connectivity index (χ0n) is 35.5. The first kappa shape index (κ1) is 52.8. The summed E-state index contributed by atoms with van der Waals surface area (Å²) >= 11 is 11.8. The normalized spacial score (nSPS) is 10.1. The smallest absolute Gasteiger partial charge is 0.341 e. The Morgan fingerprint density at radius 1 is 0.594 bits per heavy atom. The van der Waals surface area contributed by atoms with E-state index in [1.54, 1.807) is 12.1 Å². The van der Waals surface area contributed by atoms with Crippen molar-refractivity contribution in [1.82, 2.24) is 0 Å². The summed E-state index contributed by atoms with van der Waals surface area (Å²) in [4.78, 5) is 69.8. The Morgan fingerprint density at radius 2 is 1.03 bits per heavy atom. The number of benzene rings is 6. The SMILES string of the molecule is Cc1c(N)ccc(C(=O)O)c1F.Cc1c(NC(=O)COc2ccc(Cl)cc2C(=O)c2cc(F)cc(C#N)c2)ccc(C(=O)O)c1F.N#Cc1cc(F)cc(C(=O)c2cc(Cl)ccc2OCC(=O)O)c1. The van der Waals surface area contributed by atoms with E-state index in [1.165, 1.54) is 74.5 Å². The number of aromatic carboxylic acids is 2. The van der Waals surface area contributed by atoms with Crippen molar-refractivity contribution < 1.29 is 71.1 Å². The number of nitrogens with zero attached hydrogens (tertiary/aromatic N) is 2. The van der Waals surface area contributed by atoms with Crippen LogP contribution in [0.1, 0.15) is 74.8 Å². The van der Waals surface area contributed by atoms with Gasteiger partial charge in [0.15, 0.2) is 24.8 Å². The van der Waals surface area contributed by atoms with Crippen LogP contribution in [0.2, 0.25) is 10.0 Å². The van der Waals surface area contributed by atoms with Crippen LogP contribution in [0.25, 0.3) is 0 Å². The second-order valence-corrected chi connectivity index (χ2v) is 14.9. The molecule has 0 heterocycles. The van der Waals surface area contributed by atoms with Gasteiger partial charge in [0, 0.05) is 43.7 Å². The lowest BCUT2D eigenvalue weighted by Crippen LogP contribution is -2.22. The fourth-order valence-corrected chi connectivity index (χ4v) is 6.16. The van der Waals surface area contributed by atoms with E-state index in [9.17, 15) is 46.3 Å². The quantitative estimate of drug-likeness (QED) is 0.0410. The molecule has 0 spiro atoms. The van der Waals surface area contributed by atoms with Crippen molar-refractivity contribution in [1.29, 1.82) is 10.5 Å². The van der Waals surface area contributed by atoms with Crippen LogP contribution in [0, 0.1) is 59.8 Å². The number of nitrogen functional groups attached to an aromatic ring is 1. The lowest BCUT2D eigenvalue weighted by atomic mass is 10.0. The number of anilines is 2. The number of nitrogens with one attached hydrogen (secondary N) is 1. The fourth-order valence-electron chi connectivity index (χ4n) is 5.81. The molecule has 0 unspecified atom stereocenters. The van der Waals surface area contributed by atoms with Crippen LogP contribution in [0.3, 0.4) is 0 Å². The van der Waals surface area contributed by atoms with E-state index in [0.29, 0.717) is 0 Å². The van der Waals surface area contributed by atoms with Gasteiger partial charge in [0.1, 0.15) is 34.8 Å². The summed E-state index contributed by atoms with van der Waals surface area (Å²) in [6.45, 7) is 1.52. The Bertz CT molecular complexity index is 3140. The molecule has 0 aromatic heterocycles. The third-order valence-electron chi connectivity index (χ3n) is 9.21. The van der Waals surface area contributed by atoms with Gasteiger partial charge >= 0.3 is 17.9 Å².